The van der Waals surface area contributed by atoms with Crippen LogP contribution in [0.5, 0.6) is 0 Å². The van der Waals surface area contributed by atoms with Gasteiger partial charge in [-0.25, -0.2) is 4.98 Å². The molecule has 2 fully saturated rings. The standard InChI is InChI=1S/C22H31N5O4S/c1-3-15-12-16-18(25-8-10-26(11-9-25)20(30)14-6-5-7-14)23-22(24-19(16)32-15)27(4-2)21(31)17(29)13-28/h12,14,17,28-29H,3-11,13H2,1-2H3/t17-/m0/s1. The van der Waals surface area contributed by atoms with Gasteiger partial charge in [0, 0.05) is 43.5 Å². The minimum absolute atomic E-state index is 0.199. The van der Waals surface area contributed by atoms with Crippen LogP contribution in [-0.4, -0.2) is 82.3 Å². The largest absolute Gasteiger partial charge is 0.393 e. The van der Waals surface area contributed by atoms with Gasteiger partial charge >= 0.3 is 0 Å². The van der Waals surface area contributed by atoms with Crippen molar-refractivity contribution >= 4 is 45.1 Å². The van der Waals surface area contributed by atoms with Crippen molar-refractivity contribution in [3.8, 4) is 0 Å². The summed E-state index contributed by atoms with van der Waals surface area (Å²) in [6, 6.07) is 2.10. The molecule has 1 aliphatic heterocycles. The number of thiophene rings is 1. The van der Waals surface area contributed by atoms with Crippen LogP contribution in [0.15, 0.2) is 6.07 Å². The first kappa shape index (κ1) is 22.9. The van der Waals surface area contributed by atoms with E-state index >= 15 is 0 Å². The van der Waals surface area contributed by atoms with E-state index < -0.39 is 18.6 Å². The van der Waals surface area contributed by atoms with Gasteiger partial charge in [0.25, 0.3) is 5.91 Å². The Balaban J connectivity index is 1.63. The summed E-state index contributed by atoms with van der Waals surface area (Å²) in [4.78, 5) is 42.0. The molecule has 174 valence electrons. The lowest BCUT2D eigenvalue weighted by Crippen LogP contribution is -2.51. The van der Waals surface area contributed by atoms with E-state index in [2.05, 4.69) is 22.9 Å². The van der Waals surface area contributed by atoms with Crippen LogP contribution in [0.1, 0.15) is 38.0 Å². The molecule has 10 heteroatoms. The molecule has 2 amide bonds. The van der Waals surface area contributed by atoms with E-state index in [9.17, 15) is 19.8 Å². The first-order valence-electron chi connectivity index (χ1n) is 11.4. The molecule has 0 unspecified atom stereocenters. The number of likely N-dealkylation sites (N-methyl/N-ethyl adjacent to an activating group) is 1. The Morgan fingerprint density at radius 1 is 1.22 bits per heavy atom. The molecule has 1 saturated carbocycles. The fourth-order valence-electron chi connectivity index (χ4n) is 4.19. The van der Waals surface area contributed by atoms with Crippen molar-refractivity contribution in [3.63, 3.8) is 0 Å². The second-order valence-electron chi connectivity index (χ2n) is 8.35. The Bertz CT molecular complexity index is 984. The van der Waals surface area contributed by atoms with Crippen molar-refractivity contribution in [1.82, 2.24) is 14.9 Å². The number of hydrogen-bond acceptors (Lipinski definition) is 8. The van der Waals surface area contributed by atoms with Gasteiger partial charge in [-0.2, -0.15) is 4.98 Å². The number of fused-ring (bicyclic) bond motifs is 1. The van der Waals surface area contributed by atoms with Crippen molar-refractivity contribution in [1.29, 1.82) is 0 Å². The second-order valence-corrected chi connectivity index (χ2v) is 9.47. The van der Waals surface area contributed by atoms with E-state index in [1.807, 2.05) is 4.90 Å². The van der Waals surface area contributed by atoms with Gasteiger partial charge in [-0.05, 0) is 32.3 Å². The fraction of sp³-hybridized carbons (Fsp3) is 0.636. The van der Waals surface area contributed by atoms with E-state index in [0.717, 1.165) is 41.7 Å². The van der Waals surface area contributed by atoms with Gasteiger partial charge in [0.15, 0.2) is 6.10 Å². The third-order valence-electron chi connectivity index (χ3n) is 6.39. The summed E-state index contributed by atoms with van der Waals surface area (Å²) in [6.45, 7) is 6.13. The SMILES string of the molecule is CCc1cc2c(N3CCN(C(=O)C4CCC4)CC3)nc(N(CC)C(=O)[C@@H](O)CO)nc2s1. The topological polar surface area (TPSA) is 110 Å². The molecule has 2 aliphatic rings. The van der Waals surface area contributed by atoms with Crippen LogP contribution in [0.2, 0.25) is 0 Å². The number of amides is 2. The number of carbonyl (C=O) groups excluding carboxylic acids is 2. The lowest BCUT2D eigenvalue weighted by molar-refractivity contribution is -0.138. The molecule has 0 bridgehead atoms. The smallest absolute Gasteiger partial charge is 0.260 e. The fourth-order valence-corrected chi connectivity index (χ4v) is 5.14. The van der Waals surface area contributed by atoms with Crippen LogP contribution in [-0.2, 0) is 16.0 Å². The molecular weight excluding hydrogens is 430 g/mol. The maximum Gasteiger partial charge on any atom is 0.260 e. The van der Waals surface area contributed by atoms with Crippen molar-refractivity contribution in [3.05, 3.63) is 10.9 Å². The van der Waals surface area contributed by atoms with Gasteiger partial charge in [0.1, 0.15) is 10.6 Å². The van der Waals surface area contributed by atoms with Crippen molar-refractivity contribution in [2.45, 2.75) is 45.6 Å². The molecule has 0 radical (unpaired) electrons. The van der Waals surface area contributed by atoms with Crippen molar-refractivity contribution in [2.24, 2.45) is 5.92 Å². The molecule has 0 aromatic carbocycles. The summed E-state index contributed by atoms with van der Waals surface area (Å²) in [6.07, 6.45) is 2.52. The van der Waals surface area contributed by atoms with Gasteiger partial charge in [-0.15, -0.1) is 11.3 Å². The Morgan fingerprint density at radius 3 is 2.50 bits per heavy atom. The summed E-state index contributed by atoms with van der Waals surface area (Å²) < 4.78 is 0. The van der Waals surface area contributed by atoms with Gasteiger partial charge in [0.05, 0.1) is 12.0 Å². The van der Waals surface area contributed by atoms with Gasteiger partial charge in [0.2, 0.25) is 11.9 Å². The Kier molecular flexibility index (Phi) is 6.92. The second kappa shape index (κ2) is 9.68. The third kappa shape index (κ3) is 4.31. The summed E-state index contributed by atoms with van der Waals surface area (Å²) in [7, 11) is 0. The first-order chi connectivity index (χ1) is 15.5. The third-order valence-corrected chi connectivity index (χ3v) is 7.56. The predicted octanol–water partition coefficient (Wildman–Crippen LogP) is 1.41. The number of aryl methyl sites for hydroxylation is 1. The summed E-state index contributed by atoms with van der Waals surface area (Å²) in [5.41, 5.74) is 0. The van der Waals surface area contributed by atoms with Crippen LogP contribution in [0.4, 0.5) is 11.8 Å². The molecule has 1 aliphatic carbocycles. The number of aromatic nitrogens is 2. The molecule has 4 rings (SSSR count). The molecule has 1 atom stereocenters. The lowest BCUT2D eigenvalue weighted by atomic mass is 9.84. The zero-order chi connectivity index (χ0) is 22.8. The highest BCUT2D eigenvalue weighted by atomic mass is 32.1. The van der Waals surface area contributed by atoms with E-state index in [4.69, 9.17) is 4.98 Å². The maximum atomic E-state index is 12.6. The average molecular weight is 462 g/mol. The molecule has 9 nitrogen and oxygen atoms in total. The normalized spacial score (nSPS) is 18.0. The number of nitrogens with zero attached hydrogens (tertiary/aromatic N) is 5. The number of piperazine rings is 1. The first-order valence-corrected chi connectivity index (χ1v) is 12.2. The van der Waals surface area contributed by atoms with Gasteiger partial charge in [-0.1, -0.05) is 13.3 Å². The Hall–Kier alpha value is -2.30. The summed E-state index contributed by atoms with van der Waals surface area (Å²) in [5.74, 6) is 0.828. The van der Waals surface area contributed by atoms with Crippen LogP contribution < -0.4 is 9.80 Å². The molecular formula is C22H31N5O4S. The minimum atomic E-state index is -1.51. The summed E-state index contributed by atoms with van der Waals surface area (Å²) in [5, 5.41) is 20.0. The zero-order valence-corrected chi connectivity index (χ0v) is 19.5. The average Bonchev–Trinajstić information content (AvgIpc) is 3.20. The number of carbonyl (C=O) groups is 2. The molecule has 1 saturated heterocycles. The number of aliphatic hydroxyl groups excluding tert-OH is 2. The monoisotopic (exact) mass is 461 g/mol. The van der Waals surface area contributed by atoms with Gasteiger partial charge in [-0.3, -0.25) is 14.5 Å². The minimum Gasteiger partial charge on any atom is -0.393 e. The van der Waals surface area contributed by atoms with Crippen molar-refractivity contribution in [2.75, 3.05) is 49.1 Å². The van der Waals surface area contributed by atoms with Crippen LogP contribution in [0.3, 0.4) is 0 Å². The molecule has 3 heterocycles. The number of aliphatic hydroxyl groups is 2. The Labute approximate surface area is 191 Å². The van der Waals surface area contributed by atoms with Crippen LogP contribution in [0, 0.1) is 5.92 Å². The van der Waals surface area contributed by atoms with E-state index in [1.165, 1.54) is 9.78 Å². The number of anilines is 2. The molecule has 0 spiro atoms. The zero-order valence-electron chi connectivity index (χ0n) is 18.7. The number of rotatable bonds is 7. The number of hydrogen-bond donors (Lipinski definition) is 2. The predicted molar refractivity (Wildman–Crippen MR) is 124 cm³/mol. The lowest BCUT2D eigenvalue weighted by Gasteiger charge is -2.39. The van der Waals surface area contributed by atoms with E-state index in [-0.39, 0.29) is 24.3 Å². The maximum absolute atomic E-state index is 12.6. The van der Waals surface area contributed by atoms with Gasteiger partial charge < -0.3 is 20.0 Å². The summed E-state index contributed by atoms with van der Waals surface area (Å²) >= 11 is 1.57. The highest BCUT2D eigenvalue weighted by Crippen LogP contribution is 2.34. The molecule has 2 aromatic heterocycles. The quantitative estimate of drug-likeness (QED) is 0.641. The Morgan fingerprint density at radius 2 is 1.94 bits per heavy atom. The van der Waals surface area contributed by atoms with E-state index in [1.54, 1.807) is 18.3 Å². The van der Waals surface area contributed by atoms with E-state index in [0.29, 0.717) is 26.2 Å². The van der Waals surface area contributed by atoms with Crippen molar-refractivity contribution < 1.29 is 19.8 Å². The molecule has 2 N–H and O–H groups in total. The molecule has 32 heavy (non-hydrogen) atoms. The van der Waals surface area contributed by atoms with Crippen LogP contribution >= 0.6 is 11.3 Å². The highest BCUT2D eigenvalue weighted by molar-refractivity contribution is 7.18. The highest BCUT2D eigenvalue weighted by Gasteiger charge is 2.32. The molecule has 2 aromatic rings. The van der Waals surface area contributed by atoms with Crippen LogP contribution in [0.25, 0.3) is 10.2 Å².